The third-order valence-electron chi connectivity index (χ3n) is 2.18. The molecule has 15 heavy (non-hydrogen) atoms. The lowest BCUT2D eigenvalue weighted by molar-refractivity contribution is -0.129. The van der Waals surface area contributed by atoms with Gasteiger partial charge < -0.3 is 4.74 Å². The topological polar surface area (TPSA) is 26.3 Å². The summed E-state index contributed by atoms with van der Waals surface area (Å²) in [4.78, 5) is 11.6. The van der Waals surface area contributed by atoms with E-state index in [1.165, 1.54) is 0 Å². The van der Waals surface area contributed by atoms with Crippen LogP contribution in [0.3, 0.4) is 0 Å². The Balaban J connectivity index is 2.04. The van der Waals surface area contributed by atoms with E-state index >= 15 is 0 Å². The van der Waals surface area contributed by atoms with Gasteiger partial charge in [-0.05, 0) is 25.0 Å². The smallest absolute Gasteiger partial charge is 0.343 e. The van der Waals surface area contributed by atoms with E-state index in [1.807, 2.05) is 36.4 Å². The molecule has 76 valence electrons. The Hall–Kier alpha value is -1.83. The average Bonchev–Trinajstić information content (AvgIpc) is 2.31. The molecule has 0 aliphatic heterocycles. The van der Waals surface area contributed by atoms with E-state index in [2.05, 4.69) is 0 Å². The first-order chi connectivity index (χ1) is 7.36. The fourth-order valence-corrected chi connectivity index (χ4v) is 1.42. The number of hydrogen-bond donors (Lipinski definition) is 0. The fraction of sp³-hybridized carbons (Fsp3) is 0.154. The van der Waals surface area contributed by atoms with Crippen LogP contribution in [0.4, 0.5) is 0 Å². The maximum atomic E-state index is 11.6. The van der Waals surface area contributed by atoms with Gasteiger partial charge in [0.25, 0.3) is 0 Å². The maximum absolute atomic E-state index is 11.6. The predicted octanol–water partition coefficient (Wildman–Crippen LogP) is 2.87. The Morgan fingerprint density at radius 3 is 2.60 bits per heavy atom. The highest BCUT2D eigenvalue weighted by molar-refractivity contribution is 5.93. The highest BCUT2D eigenvalue weighted by Crippen LogP contribution is 2.14. The summed E-state index contributed by atoms with van der Waals surface area (Å²) >= 11 is 0. The minimum atomic E-state index is -0.280. The summed E-state index contributed by atoms with van der Waals surface area (Å²) in [6.07, 6.45) is 7.62. The normalized spacial score (nSPS) is 14.5. The fourth-order valence-electron chi connectivity index (χ4n) is 1.42. The third-order valence-corrected chi connectivity index (χ3v) is 2.18. The lowest BCUT2D eigenvalue weighted by Gasteiger charge is -2.06. The van der Waals surface area contributed by atoms with Crippen molar-refractivity contribution in [1.82, 2.24) is 0 Å². The van der Waals surface area contributed by atoms with Gasteiger partial charge in [-0.2, -0.15) is 0 Å². The molecule has 0 bridgehead atoms. The molecule has 0 amide bonds. The van der Waals surface area contributed by atoms with Gasteiger partial charge in [0.05, 0.1) is 5.57 Å². The molecule has 1 aliphatic carbocycles. The summed E-state index contributed by atoms with van der Waals surface area (Å²) in [7, 11) is 0. The van der Waals surface area contributed by atoms with Crippen LogP contribution in [0.2, 0.25) is 0 Å². The summed E-state index contributed by atoms with van der Waals surface area (Å²) in [5.74, 6) is 0.305. The van der Waals surface area contributed by atoms with Crippen LogP contribution in [0.1, 0.15) is 12.8 Å². The highest BCUT2D eigenvalue weighted by atomic mass is 16.5. The Morgan fingerprint density at radius 1 is 1.13 bits per heavy atom. The Labute approximate surface area is 88.9 Å². The number of allylic oxidation sites excluding steroid dienone is 2. The van der Waals surface area contributed by atoms with Gasteiger partial charge in [-0.15, -0.1) is 0 Å². The van der Waals surface area contributed by atoms with Crippen molar-refractivity contribution >= 4 is 5.97 Å². The van der Waals surface area contributed by atoms with Crippen LogP contribution in [-0.2, 0) is 4.79 Å². The SMILES string of the molecule is O=C(Oc1ccccc1)C1=CCCC=C1. The number of esters is 1. The standard InChI is InChI=1S/C13H12O2/c14-13(11-7-3-1-4-8-11)15-12-9-5-2-6-10-12/h2-3,5-10H,1,4H2. The van der Waals surface area contributed by atoms with Crippen molar-refractivity contribution in [2.75, 3.05) is 0 Å². The molecule has 0 saturated carbocycles. The van der Waals surface area contributed by atoms with Gasteiger partial charge in [0.2, 0.25) is 0 Å². The summed E-state index contributed by atoms with van der Waals surface area (Å²) in [5, 5.41) is 0. The van der Waals surface area contributed by atoms with Crippen molar-refractivity contribution in [3.63, 3.8) is 0 Å². The molecule has 0 heterocycles. The van der Waals surface area contributed by atoms with Gasteiger partial charge in [-0.25, -0.2) is 4.79 Å². The van der Waals surface area contributed by atoms with Crippen molar-refractivity contribution in [2.24, 2.45) is 0 Å². The predicted molar refractivity (Wildman–Crippen MR) is 58.5 cm³/mol. The molecule has 1 aromatic carbocycles. The van der Waals surface area contributed by atoms with Crippen LogP contribution in [0.5, 0.6) is 5.75 Å². The molecule has 2 heteroatoms. The zero-order valence-electron chi connectivity index (χ0n) is 8.35. The van der Waals surface area contributed by atoms with Gasteiger partial charge in [-0.3, -0.25) is 0 Å². The zero-order valence-corrected chi connectivity index (χ0v) is 8.35. The first-order valence-corrected chi connectivity index (χ1v) is 5.00. The molecule has 0 fully saturated rings. The molecule has 0 aromatic heterocycles. The number of carbonyl (C=O) groups excluding carboxylic acids is 1. The molecule has 0 unspecified atom stereocenters. The second-order valence-corrected chi connectivity index (χ2v) is 3.34. The summed E-state index contributed by atoms with van der Waals surface area (Å²) < 4.78 is 5.20. The van der Waals surface area contributed by atoms with E-state index in [9.17, 15) is 4.79 Å². The molecule has 0 spiro atoms. The van der Waals surface area contributed by atoms with Crippen LogP contribution < -0.4 is 4.74 Å². The maximum Gasteiger partial charge on any atom is 0.343 e. The molecule has 0 radical (unpaired) electrons. The van der Waals surface area contributed by atoms with Crippen molar-refractivity contribution < 1.29 is 9.53 Å². The van der Waals surface area contributed by atoms with Gasteiger partial charge in [0.1, 0.15) is 5.75 Å². The van der Waals surface area contributed by atoms with Crippen LogP contribution in [0.25, 0.3) is 0 Å². The van der Waals surface area contributed by atoms with Crippen LogP contribution in [-0.4, -0.2) is 5.97 Å². The minimum Gasteiger partial charge on any atom is -0.423 e. The van der Waals surface area contributed by atoms with E-state index in [0.29, 0.717) is 11.3 Å². The Kier molecular flexibility index (Phi) is 2.98. The molecule has 0 N–H and O–H groups in total. The first-order valence-electron chi connectivity index (χ1n) is 5.00. The van der Waals surface area contributed by atoms with E-state index in [0.717, 1.165) is 12.8 Å². The Bertz CT molecular complexity index is 402. The minimum absolute atomic E-state index is 0.280. The monoisotopic (exact) mass is 200 g/mol. The third kappa shape index (κ3) is 2.56. The van der Waals surface area contributed by atoms with Crippen molar-refractivity contribution in [3.05, 3.63) is 54.1 Å². The van der Waals surface area contributed by atoms with E-state index < -0.39 is 0 Å². The lowest BCUT2D eigenvalue weighted by atomic mass is 10.1. The van der Waals surface area contributed by atoms with Gasteiger partial charge in [-0.1, -0.05) is 36.4 Å². The van der Waals surface area contributed by atoms with Crippen LogP contribution in [0.15, 0.2) is 54.1 Å². The molecule has 0 saturated heterocycles. The zero-order chi connectivity index (χ0) is 10.5. The molecular formula is C13H12O2. The number of benzene rings is 1. The number of ether oxygens (including phenoxy) is 1. The second-order valence-electron chi connectivity index (χ2n) is 3.34. The van der Waals surface area contributed by atoms with Gasteiger partial charge >= 0.3 is 5.97 Å². The number of hydrogen-bond acceptors (Lipinski definition) is 2. The number of para-hydroxylation sites is 1. The van der Waals surface area contributed by atoms with E-state index in [1.54, 1.807) is 12.1 Å². The average molecular weight is 200 g/mol. The quantitative estimate of drug-likeness (QED) is 0.542. The second kappa shape index (κ2) is 4.60. The highest BCUT2D eigenvalue weighted by Gasteiger charge is 2.10. The number of carbonyl (C=O) groups is 1. The molecular weight excluding hydrogens is 188 g/mol. The first kappa shape index (κ1) is 9.71. The van der Waals surface area contributed by atoms with Crippen LogP contribution >= 0.6 is 0 Å². The van der Waals surface area contributed by atoms with Crippen LogP contribution in [0, 0.1) is 0 Å². The van der Waals surface area contributed by atoms with E-state index in [-0.39, 0.29) is 5.97 Å². The largest absolute Gasteiger partial charge is 0.423 e. The van der Waals surface area contributed by atoms with Gasteiger partial charge in [0.15, 0.2) is 0 Å². The van der Waals surface area contributed by atoms with Gasteiger partial charge in [0, 0.05) is 0 Å². The van der Waals surface area contributed by atoms with Crippen molar-refractivity contribution in [2.45, 2.75) is 12.8 Å². The summed E-state index contributed by atoms with van der Waals surface area (Å²) in [6, 6.07) is 9.11. The summed E-state index contributed by atoms with van der Waals surface area (Å²) in [6.45, 7) is 0. The lowest BCUT2D eigenvalue weighted by Crippen LogP contribution is -2.10. The molecule has 1 aromatic rings. The van der Waals surface area contributed by atoms with Crippen molar-refractivity contribution in [3.8, 4) is 5.75 Å². The number of rotatable bonds is 2. The van der Waals surface area contributed by atoms with E-state index in [4.69, 9.17) is 4.74 Å². The molecule has 2 nitrogen and oxygen atoms in total. The van der Waals surface area contributed by atoms with Crippen molar-refractivity contribution in [1.29, 1.82) is 0 Å². The molecule has 1 aliphatic rings. The molecule has 0 atom stereocenters. The summed E-state index contributed by atoms with van der Waals surface area (Å²) in [5.41, 5.74) is 0.644. The molecule has 2 rings (SSSR count). The Morgan fingerprint density at radius 2 is 1.93 bits per heavy atom.